The van der Waals surface area contributed by atoms with E-state index in [0.717, 1.165) is 32.4 Å². The predicted molar refractivity (Wildman–Crippen MR) is 80.8 cm³/mol. The number of hydrogen-bond acceptors (Lipinski definition) is 3. The highest BCUT2D eigenvalue weighted by molar-refractivity contribution is 5.86. The van der Waals surface area contributed by atoms with E-state index < -0.39 is 0 Å². The van der Waals surface area contributed by atoms with Crippen molar-refractivity contribution in [3.8, 4) is 0 Å². The number of amidine groups is 1. The van der Waals surface area contributed by atoms with Crippen LogP contribution in [0.1, 0.15) is 52.9 Å². The zero-order valence-electron chi connectivity index (χ0n) is 13.1. The van der Waals surface area contributed by atoms with E-state index in [-0.39, 0.29) is 11.9 Å². The molecule has 2 unspecified atom stereocenters. The molecule has 2 heterocycles. The molecule has 0 amide bonds. The molecule has 114 valence electrons. The highest BCUT2D eigenvalue weighted by atomic mass is 16.5. The standard InChI is InChI=1S/C16H28N2O2/c1-4-20-16(19)13-8-9-15(17-11-12(2)3)18-10-6-5-7-14(13)18/h12-14H,4-11H2,1-3H3. The third-order valence-electron chi connectivity index (χ3n) is 4.25. The first-order valence-corrected chi connectivity index (χ1v) is 8.10. The van der Waals surface area contributed by atoms with Gasteiger partial charge in [-0.05, 0) is 38.5 Å². The third-order valence-corrected chi connectivity index (χ3v) is 4.25. The summed E-state index contributed by atoms with van der Waals surface area (Å²) < 4.78 is 5.26. The SMILES string of the molecule is CCOC(=O)C1CCC(=NCC(C)C)N2CCCCC12. The lowest BCUT2D eigenvalue weighted by atomic mass is 9.83. The molecular weight excluding hydrogens is 252 g/mol. The Bertz CT molecular complexity index is 365. The Kier molecular flexibility index (Phi) is 5.44. The number of fused-ring (bicyclic) bond motifs is 1. The monoisotopic (exact) mass is 280 g/mol. The number of aliphatic imine (C=N–C) groups is 1. The van der Waals surface area contributed by atoms with Gasteiger partial charge >= 0.3 is 5.97 Å². The third kappa shape index (κ3) is 3.53. The predicted octanol–water partition coefficient (Wildman–Crippen LogP) is 2.87. The summed E-state index contributed by atoms with van der Waals surface area (Å²) in [5.74, 6) is 1.86. The molecule has 2 aliphatic heterocycles. The first-order chi connectivity index (χ1) is 9.63. The largest absolute Gasteiger partial charge is 0.466 e. The van der Waals surface area contributed by atoms with Crippen LogP contribution >= 0.6 is 0 Å². The molecule has 4 heteroatoms. The maximum atomic E-state index is 12.1. The Balaban J connectivity index is 2.09. The Labute approximate surface area is 122 Å². The second-order valence-electron chi connectivity index (χ2n) is 6.30. The molecule has 0 saturated carbocycles. The first kappa shape index (κ1) is 15.3. The van der Waals surface area contributed by atoms with E-state index >= 15 is 0 Å². The van der Waals surface area contributed by atoms with Gasteiger partial charge in [-0.25, -0.2) is 0 Å². The van der Waals surface area contributed by atoms with Crippen LogP contribution in [0.25, 0.3) is 0 Å². The topological polar surface area (TPSA) is 41.9 Å². The molecule has 20 heavy (non-hydrogen) atoms. The number of esters is 1. The maximum Gasteiger partial charge on any atom is 0.311 e. The van der Waals surface area contributed by atoms with Crippen molar-refractivity contribution in [2.45, 2.75) is 58.9 Å². The van der Waals surface area contributed by atoms with E-state index in [1.54, 1.807) is 0 Å². The molecule has 0 aromatic rings. The van der Waals surface area contributed by atoms with Gasteiger partial charge in [0.1, 0.15) is 0 Å². The van der Waals surface area contributed by atoms with E-state index in [1.165, 1.54) is 18.7 Å². The summed E-state index contributed by atoms with van der Waals surface area (Å²) >= 11 is 0. The Morgan fingerprint density at radius 1 is 1.40 bits per heavy atom. The quantitative estimate of drug-likeness (QED) is 0.744. The van der Waals surface area contributed by atoms with Crippen LogP contribution in [0.4, 0.5) is 0 Å². The van der Waals surface area contributed by atoms with Crippen molar-refractivity contribution in [2.24, 2.45) is 16.8 Å². The number of ether oxygens (including phenoxy) is 1. The normalized spacial score (nSPS) is 28.6. The highest BCUT2D eigenvalue weighted by Gasteiger charge is 2.40. The minimum absolute atomic E-state index is 0.00712. The van der Waals surface area contributed by atoms with Crippen LogP contribution in [-0.2, 0) is 9.53 Å². The van der Waals surface area contributed by atoms with Gasteiger partial charge < -0.3 is 9.64 Å². The molecule has 2 fully saturated rings. The van der Waals surface area contributed by atoms with Crippen molar-refractivity contribution >= 4 is 11.8 Å². The average Bonchev–Trinajstić information content (AvgIpc) is 2.44. The van der Waals surface area contributed by atoms with E-state index in [2.05, 4.69) is 18.7 Å². The summed E-state index contributed by atoms with van der Waals surface area (Å²) in [6.07, 6.45) is 5.36. The van der Waals surface area contributed by atoms with Gasteiger partial charge in [0.05, 0.1) is 18.4 Å². The fraction of sp³-hybridized carbons (Fsp3) is 0.875. The summed E-state index contributed by atoms with van der Waals surface area (Å²) in [5.41, 5.74) is 0. The summed E-state index contributed by atoms with van der Waals surface area (Å²) in [7, 11) is 0. The van der Waals surface area contributed by atoms with Gasteiger partial charge in [0.25, 0.3) is 0 Å². The first-order valence-electron chi connectivity index (χ1n) is 8.10. The number of carbonyl (C=O) groups is 1. The smallest absolute Gasteiger partial charge is 0.311 e. The van der Waals surface area contributed by atoms with Gasteiger partial charge in [0.15, 0.2) is 0 Å². The molecule has 0 bridgehead atoms. The number of carbonyl (C=O) groups excluding carboxylic acids is 1. The minimum Gasteiger partial charge on any atom is -0.466 e. The number of rotatable bonds is 4. The maximum absolute atomic E-state index is 12.1. The summed E-state index contributed by atoms with van der Waals surface area (Å²) in [6, 6.07) is 0.322. The summed E-state index contributed by atoms with van der Waals surface area (Å²) in [5, 5.41) is 0. The summed E-state index contributed by atoms with van der Waals surface area (Å²) in [4.78, 5) is 19.3. The van der Waals surface area contributed by atoms with Gasteiger partial charge in [0.2, 0.25) is 0 Å². The van der Waals surface area contributed by atoms with Crippen LogP contribution in [-0.4, -0.2) is 42.4 Å². The van der Waals surface area contributed by atoms with Crippen molar-refractivity contribution in [1.29, 1.82) is 0 Å². The molecule has 0 aromatic heterocycles. The Morgan fingerprint density at radius 3 is 2.90 bits per heavy atom. The Hall–Kier alpha value is -1.06. The van der Waals surface area contributed by atoms with Crippen molar-refractivity contribution < 1.29 is 9.53 Å². The number of piperidine rings is 2. The number of nitrogens with zero attached hydrogens (tertiary/aromatic N) is 2. The molecular formula is C16H28N2O2. The van der Waals surface area contributed by atoms with Crippen LogP contribution in [0.15, 0.2) is 4.99 Å². The average molecular weight is 280 g/mol. The molecule has 0 radical (unpaired) electrons. The molecule has 2 atom stereocenters. The molecule has 2 saturated heterocycles. The van der Waals surface area contributed by atoms with Crippen LogP contribution < -0.4 is 0 Å². The van der Waals surface area contributed by atoms with E-state index in [9.17, 15) is 4.79 Å². The minimum atomic E-state index is -0.00712. The highest BCUT2D eigenvalue weighted by Crippen LogP contribution is 2.33. The van der Waals surface area contributed by atoms with Crippen LogP contribution in [0.2, 0.25) is 0 Å². The van der Waals surface area contributed by atoms with Crippen molar-refractivity contribution in [2.75, 3.05) is 19.7 Å². The second-order valence-corrected chi connectivity index (χ2v) is 6.30. The lowest BCUT2D eigenvalue weighted by molar-refractivity contribution is -0.151. The zero-order chi connectivity index (χ0) is 14.5. The van der Waals surface area contributed by atoms with Crippen molar-refractivity contribution in [3.63, 3.8) is 0 Å². The second kappa shape index (κ2) is 7.09. The van der Waals surface area contributed by atoms with Crippen molar-refractivity contribution in [1.82, 2.24) is 4.90 Å². The molecule has 4 nitrogen and oxygen atoms in total. The van der Waals surface area contributed by atoms with E-state index in [4.69, 9.17) is 9.73 Å². The van der Waals surface area contributed by atoms with Crippen LogP contribution in [0, 0.1) is 11.8 Å². The molecule has 0 spiro atoms. The number of hydrogen-bond donors (Lipinski definition) is 0. The molecule has 0 aromatic carbocycles. The van der Waals surface area contributed by atoms with Crippen LogP contribution in [0.5, 0.6) is 0 Å². The molecule has 2 rings (SSSR count). The van der Waals surface area contributed by atoms with Gasteiger partial charge in [-0.2, -0.15) is 0 Å². The lowest BCUT2D eigenvalue weighted by Crippen LogP contribution is -2.53. The summed E-state index contributed by atoms with van der Waals surface area (Å²) in [6.45, 7) is 8.70. The fourth-order valence-electron chi connectivity index (χ4n) is 3.30. The molecule has 2 aliphatic rings. The van der Waals surface area contributed by atoms with E-state index in [0.29, 0.717) is 18.6 Å². The lowest BCUT2D eigenvalue weighted by Gasteiger charge is -2.45. The zero-order valence-corrected chi connectivity index (χ0v) is 13.1. The van der Waals surface area contributed by atoms with Gasteiger partial charge in [-0.1, -0.05) is 13.8 Å². The molecule has 0 aliphatic carbocycles. The van der Waals surface area contributed by atoms with E-state index in [1.807, 2.05) is 6.92 Å². The van der Waals surface area contributed by atoms with Crippen molar-refractivity contribution in [3.05, 3.63) is 0 Å². The van der Waals surface area contributed by atoms with Gasteiger partial charge in [-0.15, -0.1) is 0 Å². The fourth-order valence-corrected chi connectivity index (χ4v) is 3.30. The van der Waals surface area contributed by atoms with Gasteiger partial charge in [0, 0.05) is 25.6 Å². The van der Waals surface area contributed by atoms with Gasteiger partial charge in [-0.3, -0.25) is 9.79 Å². The Morgan fingerprint density at radius 2 is 2.20 bits per heavy atom. The van der Waals surface area contributed by atoms with Crippen LogP contribution in [0.3, 0.4) is 0 Å². The molecule has 0 N–H and O–H groups in total.